The molecule has 4 aliphatic rings. The summed E-state index contributed by atoms with van der Waals surface area (Å²) in [4.78, 5) is 11.3. The predicted octanol–water partition coefficient (Wildman–Crippen LogP) is 6.92. The Morgan fingerprint density at radius 1 is 1.09 bits per heavy atom. The summed E-state index contributed by atoms with van der Waals surface area (Å²) >= 11 is 0. The molecule has 202 valence electrons. The zero-order valence-electron chi connectivity index (χ0n) is 23.2. The Hall–Kier alpha value is -0.463. The minimum Gasteiger partial charge on any atom is -0.481 e. The van der Waals surface area contributed by atoms with E-state index in [1.165, 1.54) is 12.8 Å². The molecule has 4 aliphatic carbocycles. The number of aliphatic hydroxyl groups is 1. The summed E-state index contributed by atoms with van der Waals surface area (Å²) in [5, 5.41) is 19.9. The van der Waals surface area contributed by atoms with Crippen molar-refractivity contribution in [3.8, 4) is 0 Å². The molecule has 0 aromatic carbocycles. The highest BCUT2D eigenvalue weighted by atomic mass is 28.4. The Kier molecular flexibility index (Phi) is 7.63. The second kappa shape index (κ2) is 9.69. The van der Waals surface area contributed by atoms with Crippen molar-refractivity contribution in [2.24, 2.45) is 52.3 Å². The maximum Gasteiger partial charge on any atom is 0.303 e. The standard InChI is InChI=1S/C29H51FO4Si/c1-8-18-25-26(30)22(31)14-16-29(25,4)21-13-15-28(3)19(17(2)9-12-23(32)33)10-11-20(28)24(21)27(18)34-35(5,6)7/h17-22,24-27,31H,8-16H2,1-7H3,(H,32,33)/t17-,18-,19?,20?,21?,22-,24?,25-,26+,27?,28-,29-/m1/s1. The van der Waals surface area contributed by atoms with Crippen LogP contribution in [-0.4, -0.2) is 42.9 Å². The Morgan fingerprint density at radius 2 is 1.71 bits per heavy atom. The van der Waals surface area contributed by atoms with Crippen LogP contribution in [-0.2, 0) is 9.22 Å². The number of carboxylic acids is 1. The number of carboxylic acid groups (broad SMARTS) is 1. The molecule has 12 atom stereocenters. The van der Waals surface area contributed by atoms with Gasteiger partial charge >= 0.3 is 5.97 Å². The predicted molar refractivity (Wildman–Crippen MR) is 140 cm³/mol. The van der Waals surface area contributed by atoms with Crippen molar-refractivity contribution in [2.75, 3.05) is 0 Å². The van der Waals surface area contributed by atoms with E-state index in [0.29, 0.717) is 36.0 Å². The van der Waals surface area contributed by atoms with Gasteiger partial charge in [0.25, 0.3) is 0 Å². The zero-order valence-corrected chi connectivity index (χ0v) is 24.2. The van der Waals surface area contributed by atoms with E-state index in [-0.39, 0.29) is 35.2 Å². The lowest BCUT2D eigenvalue weighted by molar-refractivity contribution is -0.218. The lowest BCUT2D eigenvalue weighted by atomic mass is 9.41. The van der Waals surface area contributed by atoms with Gasteiger partial charge in [-0.1, -0.05) is 34.1 Å². The van der Waals surface area contributed by atoms with E-state index in [9.17, 15) is 15.0 Å². The first-order valence-electron chi connectivity index (χ1n) is 14.5. The van der Waals surface area contributed by atoms with E-state index in [1.54, 1.807) is 0 Å². The first-order chi connectivity index (χ1) is 16.2. The average molecular weight is 511 g/mol. The second-order valence-electron chi connectivity index (χ2n) is 14.3. The number of hydrogen-bond acceptors (Lipinski definition) is 3. The van der Waals surface area contributed by atoms with Gasteiger partial charge in [-0.25, -0.2) is 4.39 Å². The molecule has 0 bridgehead atoms. The van der Waals surface area contributed by atoms with Crippen LogP contribution in [0.4, 0.5) is 4.39 Å². The van der Waals surface area contributed by atoms with Crippen LogP contribution in [0.3, 0.4) is 0 Å². The van der Waals surface area contributed by atoms with Crippen LogP contribution in [0, 0.1) is 52.3 Å². The Bertz CT molecular complexity index is 785. The van der Waals surface area contributed by atoms with Gasteiger partial charge in [-0.3, -0.25) is 4.79 Å². The number of fused-ring (bicyclic) bond motifs is 5. The summed E-state index contributed by atoms with van der Waals surface area (Å²) in [7, 11) is -1.88. The van der Waals surface area contributed by atoms with Crippen LogP contribution >= 0.6 is 0 Å². The number of halogens is 1. The summed E-state index contributed by atoms with van der Waals surface area (Å²) in [6.07, 6.45) is 6.08. The van der Waals surface area contributed by atoms with E-state index in [1.807, 2.05) is 0 Å². The second-order valence-corrected chi connectivity index (χ2v) is 18.7. The average Bonchev–Trinajstić information content (AvgIpc) is 3.12. The van der Waals surface area contributed by atoms with Crippen LogP contribution in [0.15, 0.2) is 0 Å². The number of hydrogen-bond donors (Lipinski definition) is 2. The first-order valence-corrected chi connectivity index (χ1v) is 17.9. The molecule has 0 heterocycles. The van der Waals surface area contributed by atoms with Crippen LogP contribution in [0.2, 0.25) is 19.6 Å². The van der Waals surface area contributed by atoms with Gasteiger partial charge in [-0.15, -0.1) is 0 Å². The summed E-state index contributed by atoms with van der Waals surface area (Å²) in [6, 6.07) is 0. The third kappa shape index (κ3) is 4.67. The van der Waals surface area contributed by atoms with E-state index in [4.69, 9.17) is 4.43 Å². The Balaban J connectivity index is 1.73. The molecule has 0 saturated heterocycles. The molecule has 6 heteroatoms. The van der Waals surface area contributed by atoms with Crippen molar-refractivity contribution < 1.29 is 23.8 Å². The smallest absolute Gasteiger partial charge is 0.303 e. The van der Waals surface area contributed by atoms with Gasteiger partial charge in [0.2, 0.25) is 0 Å². The van der Waals surface area contributed by atoms with Crippen molar-refractivity contribution in [3.05, 3.63) is 0 Å². The molecule has 0 aliphatic heterocycles. The van der Waals surface area contributed by atoms with Crippen molar-refractivity contribution in [2.45, 2.75) is 124 Å². The molecule has 4 saturated carbocycles. The van der Waals surface area contributed by atoms with Gasteiger partial charge in [-0.2, -0.15) is 0 Å². The quantitative estimate of drug-likeness (QED) is 0.365. The fraction of sp³-hybridized carbons (Fsp3) is 0.966. The Labute approximate surface area is 213 Å². The molecule has 0 aromatic heterocycles. The lowest BCUT2D eigenvalue weighted by Gasteiger charge is -2.66. The minimum absolute atomic E-state index is 0.0657. The fourth-order valence-electron chi connectivity index (χ4n) is 10.0. The molecule has 4 rings (SSSR count). The van der Waals surface area contributed by atoms with Crippen LogP contribution in [0.1, 0.15) is 85.5 Å². The van der Waals surface area contributed by atoms with Crippen molar-refractivity contribution in [3.63, 3.8) is 0 Å². The highest BCUT2D eigenvalue weighted by Gasteiger charge is 2.67. The molecule has 4 fully saturated rings. The molecule has 2 N–H and O–H groups in total. The van der Waals surface area contributed by atoms with E-state index >= 15 is 4.39 Å². The first kappa shape index (κ1) is 27.6. The summed E-state index contributed by atoms with van der Waals surface area (Å²) in [6.45, 7) is 16.1. The zero-order chi connectivity index (χ0) is 25.9. The van der Waals surface area contributed by atoms with Gasteiger partial charge < -0.3 is 14.6 Å². The molecular weight excluding hydrogens is 459 g/mol. The summed E-state index contributed by atoms with van der Waals surface area (Å²) in [5.41, 5.74) is 0.114. The highest BCUT2D eigenvalue weighted by Crippen LogP contribution is 2.70. The van der Waals surface area contributed by atoms with Crippen molar-refractivity contribution in [1.29, 1.82) is 0 Å². The van der Waals surface area contributed by atoms with Crippen LogP contribution < -0.4 is 0 Å². The molecular formula is C29H51FO4Si. The topological polar surface area (TPSA) is 66.8 Å². The molecule has 4 nitrogen and oxygen atoms in total. The summed E-state index contributed by atoms with van der Waals surface area (Å²) < 4.78 is 22.9. The van der Waals surface area contributed by atoms with E-state index in [2.05, 4.69) is 47.3 Å². The van der Waals surface area contributed by atoms with Gasteiger partial charge in [0.1, 0.15) is 6.17 Å². The lowest BCUT2D eigenvalue weighted by Crippen LogP contribution is -2.66. The monoisotopic (exact) mass is 510 g/mol. The number of carbonyl (C=O) groups is 1. The maximum absolute atomic E-state index is 15.9. The van der Waals surface area contributed by atoms with E-state index < -0.39 is 26.6 Å². The maximum atomic E-state index is 15.9. The highest BCUT2D eigenvalue weighted by molar-refractivity contribution is 6.69. The largest absolute Gasteiger partial charge is 0.481 e. The minimum atomic E-state index is -1.88. The normalized spacial score (nSPS) is 48.5. The fourth-order valence-corrected chi connectivity index (χ4v) is 11.2. The van der Waals surface area contributed by atoms with Gasteiger partial charge in [0.15, 0.2) is 8.32 Å². The molecule has 0 aromatic rings. The number of aliphatic hydroxyl groups excluding tert-OH is 1. The third-order valence-corrected chi connectivity index (χ3v) is 12.4. The van der Waals surface area contributed by atoms with E-state index in [0.717, 1.165) is 32.1 Å². The molecule has 0 radical (unpaired) electrons. The molecule has 35 heavy (non-hydrogen) atoms. The van der Waals surface area contributed by atoms with Gasteiger partial charge in [0, 0.05) is 12.3 Å². The number of aliphatic carboxylic acids is 1. The number of alkyl halides is 1. The number of rotatable bonds is 7. The SMILES string of the molecule is CC[C@H]1C(O[Si](C)(C)C)C2C3CCC([C@H](C)CCC(=O)O)[C@@]3(C)CCC2[C@@]2(C)CC[C@@H](O)[C@H](F)[C@@H]12. The van der Waals surface area contributed by atoms with Crippen LogP contribution in [0.25, 0.3) is 0 Å². The van der Waals surface area contributed by atoms with Crippen molar-refractivity contribution >= 4 is 14.3 Å². The summed E-state index contributed by atoms with van der Waals surface area (Å²) in [5.74, 6) is 1.70. The third-order valence-electron chi connectivity index (χ3n) is 11.4. The van der Waals surface area contributed by atoms with Crippen LogP contribution in [0.5, 0.6) is 0 Å². The molecule has 0 amide bonds. The molecule has 0 spiro atoms. The van der Waals surface area contributed by atoms with Crippen molar-refractivity contribution in [1.82, 2.24) is 0 Å². The Morgan fingerprint density at radius 3 is 2.31 bits per heavy atom. The molecule has 5 unspecified atom stereocenters. The van der Waals surface area contributed by atoms with Gasteiger partial charge in [0.05, 0.1) is 12.2 Å². The van der Waals surface area contributed by atoms with Gasteiger partial charge in [-0.05, 0) is 111 Å².